The summed E-state index contributed by atoms with van der Waals surface area (Å²) in [7, 11) is 0. The first-order valence-corrected chi connectivity index (χ1v) is 4.96. The van der Waals surface area contributed by atoms with E-state index < -0.39 is 0 Å². The number of benzene rings is 1. The van der Waals surface area contributed by atoms with Gasteiger partial charge in [-0.3, -0.25) is 0 Å². The zero-order valence-corrected chi connectivity index (χ0v) is 9.00. The highest BCUT2D eigenvalue weighted by molar-refractivity contribution is 6.33. The van der Waals surface area contributed by atoms with Crippen molar-refractivity contribution < 1.29 is 4.39 Å². The number of hydrogen-bond donors (Lipinski definition) is 2. The molecule has 2 aromatic rings. The number of halogens is 2. The second-order valence-corrected chi connectivity index (χ2v) is 3.64. The Bertz CT molecular complexity index is 499. The zero-order valence-electron chi connectivity index (χ0n) is 8.24. The van der Waals surface area contributed by atoms with Crippen molar-refractivity contribution in [1.82, 2.24) is 4.98 Å². The highest BCUT2D eigenvalue weighted by Crippen LogP contribution is 2.24. The van der Waals surface area contributed by atoms with Crippen LogP contribution in [0.4, 0.5) is 21.6 Å². The molecule has 0 aliphatic rings. The summed E-state index contributed by atoms with van der Waals surface area (Å²) in [5.41, 5.74) is 6.72. The van der Waals surface area contributed by atoms with E-state index in [2.05, 4.69) is 10.3 Å². The molecule has 0 amide bonds. The highest BCUT2D eigenvalue weighted by atomic mass is 35.5. The van der Waals surface area contributed by atoms with E-state index in [0.717, 1.165) is 0 Å². The molecule has 0 atom stereocenters. The molecule has 0 saturated heterocycles. The minimum absolute atomic E-state index is 0.290. The van der Waals surface area contributed by atoms with E-state index in [1.165, 1.54) is 18.3 Å². The van der Waals surface area contributed by atoms with Gasteiger partial charge in [0.15, 0.2) is 0 Å². The van der Waals surface area contributed by atoms with Crippen LogP contribution < -0.4 is 11.1 Å². The Balaban J connectivity index is 2.23. The number of nitrogens with two attached hydrogens (primary N) is 1. The van der Waals surface area contributed by atoms with Crippen LogP contribution in [-0.4, -0.2) is 4.98 Å². The predicted molar refractivity (Wildman–Crippen MR) is 63.3 cm³/mol. The van der Waals surface area contributed by atoms with Crippen LogP contribution in [0.2, 0.25) is 5.02 Å². The minimum Gasteiger partial charge on any atom is -0.397 e. The van der Waals surface area contributed by atoms with Gasteiger partial charge in [-0.1, -0.05) is 11.6 Å². The average Bonchev–Trinajstić information content (AvgIpc) is 2.25. The van der Waals surface area contributed by atoms with Gasteiger partial charge in [0.2, 0.25) is 0 Å². The maximum absolute atomic E-state index is 12.7. The second kappa shape index (κ2) is 4.37. The lowest BCUT2D eigenvalue weighted by atomic mass is 10.3. The van der Waals surface area contributed by atoms with E-state index >= 15 is 0 Å². The highest BCUT2D eigenvalue weighted by Gasteiger charge is 2.02. The van der Waals surface area contributed by atoms with E-state index in [-0.39, 0.29) is 5.82 Å². The number of nitrogens with one attached hydrogen (secondary N) is 1. The summed E-state index contributed by atoms with van der Waals surface area (Å²) in [5.74, 6) is 0.199. The molecule has 0 bridgehead atoms. The molecule has 16 heavy (non-hydrogen) atoms. The summed E-state index contributed by atoms with van der Waals surface area (Å²) in [6.07, 6.45) is 1.50. The molecule has 0 aliphatic heterocycles. The molecule has 3 nitrogen and oxygen atoms in total. The summed E-state index contributed by atoms with van der Waals surface area (Å²) in [6.45, 7) is 0. The van der Waals surface area contributed by atoms with Gasteiger partial charge in [-0.15, -0.1) is 0 Å². The summed E-state index contributed by atoms with van der Waals surface area (Å²) in [5, 5.41) is 3.38. The minimum atomic E-state index is -0.290. The molecule has 3 N–H and O–H groups in total. The van der Waals surface area contributed by atoms with Crippen LogP contribution in [0.5, 0.6) is 0 Å². The van der Waals surface area contributed by atoms with E-state index in [1.54, 1.807) is 18.2 Å². The number of hydrogen-bond acceptors (Lipinski definition) is 3. The Kier molecular flexibility index (Phi) is 2.92. The third-order valence-electron chi connectivity index (χ3n) is 1.97. The van der Waals surface area contributed by atoms with Crippen molar-refractivity contribution in [2.45, 2.75) is 0 Å². The number of nitrogens with zero attached hydrogens (tertiary/aromatic N) is 1. The third kappa shape index (κ3) is 2.41. The van der Waals surface area contributed by atoms with Gasteiger partial charge in [-0.05, 0) is 30.3 Å². The number of aromatic nitrogens is 1. The number of nitrogen functional groups attached to an aromatic ring is 1. The lowest BCUT2D eigenvalue weighted by molar-refractivity contribution is 0.628. The van der Waals surface area contributed by atoms with Crippen molar-refractivity contribution in [1.29, 1.82) is 0 Å². The Hall–Kier alpha value is -1.81. The van der Waals surface area contributed by atoms with E-state index in [4.69, 9.17) is 17.3 Å². The van der Waals surface area contributed by atoms with Gasteiger partial charge in [0.1, 0.15) is 11.6 Å². The van der Waals surface area contributed by atoms with Crippen molar-refractivity contribution in [3.8, 4) is 0 Å². The lowest BCUT2D eigenvalue weighted by Crippen LogP contribution is -1.96. The molecule has 0 radical (unpaired) electrons. The number of pyridine rings is 1. The Morgan fingerprint density at radius 1 is 1.25 bits per heavy atom. The van der Waals surface area contributed by atoms with Gasteiger partial charge in [-0.25, -0.2) is 9.37 Å². The molecule has 0 aliphatic carbocycles. The SMILES string of the molecule is Nc1cnc(Nc2ccc(F)cc2)c(Cl)c1. The first-order valence-electron chi connectivity index (χ1n) is 4.59. The van der Waals surface area contributed by atoms with E-state index in [9.17, 15) is 4.39 Å². The van der Waals surface area contributed by atoms with Crippen molar-refractivity contribution in [2.75, 3.05) is 11.1 Å². The molecule has 2 rings (SSSR count). The summed E-state index contributed by atoms with van der Waals surface area (Å²) in [6, 6.07) is 7.51. The number of rotatable bonds is 2. The molecule has 0 saturated carbocycles. The monoisotopic (exact) mass is 237 g/mol. The Morgan fingerprint density at radius 3 is 2.56 bits per heavy atom. The first kappa shape index (κ1) is 10.7. The normalized spacial score (nSPS) is 10.1. The fourth-order valence-corrected chi connectivity index (χ4v) is 1.44. The lowest BCUT2D eigenvalue weighted by Gasteiger charge is -2.07. The molecule has 5 heteroatoms. The predicted octanol–water partition coefficient (Wildman–Crippen LogP) is 3.20. The van der Waals surface area contributed by atoms with Crippen molar-refractivity contribution in [3.63, 3.8) is 0 Å². The Labute approximate surface area is 97.1 Å². The standard InChI is InChI=1S/C11H9ClFN3/c12-10-5-8(14)6-15-11(10)16-9-3-1-7(13)2-4-9/h1-6H,14H2,(H,15,16). The van der Waals surface area contributed by atoms with Crippen LogP contribution >= 0.6 is 11.6 Å². The van der Waals surface area contributed by atoms with E-state index in [1.807, 2.05) is 0 Å². The molecule has 0 unspecified atom stereocenters. The van der Waals surface area contributed by atoms with Gasteiger partial charge in [-0.2, -0.15) is 0 Å². The first-order chi connectivity index (χ1) is 7.65. The van der Waals surface area contributed by atoms with Gasteiger partial charge in [0.25, 0.3) is 0 Å². The quantitative estimate of drug-likeness (QED) is 0.843. The van der Waals surface area contributed by atoms with Crippen molar-refractivity contribution >= 4 is 28.8 Å². The van der Waals surface area contributed by atoms with Gasteiger partial charge in [0, 0.05) is 5.69 Å². The third-order valence-corrected chi connectivity index (χ3v) is 2.26. The van der Waals surface area contributed by atoms with Crippen LogP contribution in [0, 0.1) is 5.82 Å². The van der Waals surface area contributed by atoms with Gasteiger partial charge < -0.3 is 11.1 Å². The molecular formula is C11H9ClFN3. The van der Waals surface area contributed by atoms with Gasteiger partial charge >= 0.3 is 0 Å². The second-order valence-electron chi connectivity index (χ2n) is 3.23. The molecule has 0 spiro atoms. The molecule has 0 fully saturated rings. The largest absolute Gasteiger partial charge is 0.397 e. The van der Waals surface area contributed by atoms with Crippen molar-refractivity contribution in [2.24, 2.45) is 0 Å². The average molecular weight is 238 g/mol. The molecule has 1 aromatic carbocycles. The fraction of sp³-hybridized carbons (Fsp3) is 0. The van der Waals surface area contributed by atoms with Crippen LogP contribution in [0.1, 0.15) is 0 Å². The summed E-state index contributed by atoms with van der Waals surface area (Å²) >= 11 is 5.93. The van der Waals surface area contributed by atoms with Gasteiger partial charge in [0.05, 0.1) is 16.9 Å². The molecular weight excluding hydrogens is 229 g/mol. The Morgan fingerprint density at radius 2 is 1.94 bits per heavy atom. The maximum Gasteiger partial charge on any atom is 0.149 e. The van der Waals surface area contributed by atoms with Crippen LogP contribution in [0.3, 0.4) is 0 Å². The zero-order chi connectivity index (χ0) is 11.5. The van der Waals surface area contributed by atoms with Crippen LogP contribution in [0.15, 0.2) is 36.5 Å². The smallest absolute Gasteiger partial charge is 0.149 e. The fourth-order valence-electron chi connectivity index (χ4n) is 1.21. The molecule has 82 valence electrons. The maximum atomic E-state index is 12.7. The van der Waals surface area contributed by atoms with E-state index in [0.29, 0.717) is 22.2 Å². The molecule has 1 aromatic heterocycles. The topological polar surface area (TPSA) is 50.9 Å². The summed E-state index contributed by atoms with van der Waals surface area (Å²) in [4.78, 5) is 4.03. The van der Waals surface area contributed by atoms with Crippen molar-refractivity contribution in [3.05, 3.63) is 47.4 Å². The molecule has 1 heterocycles. The number of anilines is 3. The van der Waals surface area contributed by atoms with Crippen LogP contribution in [-0.2, 0) is 0 Å². The van der Waals surface area contributed by atoms with Crippen LogP contribution in [0.25, 0.3) is 0 Å². The summed E-state index contributed by atoms with van der Waals surface area (Å²) < 4.78 is 12.7.